The first-order valence-corrected chi connectivity index (χ1v) is 10.1. The molecule has 1 saturated heterocycles. The second-order valence-corrected chi connectivity index (χ2v) is 7.14. The van der Waals surface area contributed by atoms with Crippen molar-refractivity contribution >= 4 is 22.7 Å². The Bertz CT molecular complexity index is 857. The van der Waals surface area contributed by atoms with Gasteiger partial charge in [-0.15, -0.1) is 0 Å². The first-order chi connectivity index (χ1) is 13.4. The van der Waals surface area contributed by atoms with Gasteiger partial charge in [0.2, 0.25) is 5.95 Å². The van der Waals surface area contributed by atoms with Gasteiger partial charge in [0.1, 0.15) is 5.82 Å². The maximum Gasteiger partial charge on any atom is 0.225 e. The van der Waals surface area contributed by atoms with Gasteiger partial charge in [0.15, 0.2) is 0 Å². The van der Waals surface area contributed by atoms with E-state index in [4.69, 9.17) is 9.97 Å². The number of aromatic nitrogens is 3. The van der Waals surface area contributed by atoms with Gasteiger partial charge in [0, 0.05) is 43.3 Å². The van der Waals surface area contributed by atoms with Crippen LogP contribution in [-0.2, 0) is 6.42 Å². The predicted octanol–water partition coefficient (Wildman–Crippen LogP) is 4.45. The summed E-state index contributed by atoms with van der Waals surface area (Å²) >= 11 is 0. The summed E-state index contributed by atoms with van der Waals surface area (Å²) in [7, 11) is 0. The number of anilines is 2. The monoisotopic (exact) mass is 361 g/mol. The molecule has 27 heavy (non-hydrogen) atoms. The van der Waals surface area contributed by atoms with Crippen molar-refractivity contribution in [1.82, 2.24) is 15.0 Å². The maximum atomic E-state index is 4.91. The Labute approximate surface area is 160 Å². The molecule has 0 saturated carbocycles. The Morgan fingerprint density at radius 3 is 2.44 bits per heavy atom. The van der Waals surface area contributed by atoms with Gasteiger partial charge < -0.3 is 10.2 Å². The third-order valence-corrected chi connectivity index (χ3v) is 5.13. The summed E-state index contributed by atoms with van der Waals surface area (Å²) in [5.74, 6) is 1.78. The van der Waals surface area contributed by atoms with E-state index in [2.05, 4.69) is 39.5 Å². The molecule has 1 aliphatic rings. The molecule has 5 heteroatoms. The van der Waals surface area contributed by atoms with E-state index < -0.39 is 0 Å². The van der Waals surface area contributed by atoms with Crippen LogP contribution in [0, 0.1) is 0 Å². The highest BCUT2D eigenvalue weighted by Gasteiger charge is 2.15. The summed E-state index contributed by atoms with van der Waals surface area (Å²) in [6.07, 6.45) is 9.15. The largest absolute Gasteiger partial charge is 0.356 e. The molecule has 4 rings (SSSR count). The third kappa shape index (κ3) is 4.54. The molecule has 5 nitrogen and oxygen atoms in total. The number of fused-ring (bicyclic) bond motifs is 1. The van der Waals surface area contributed by atoms with E-state index in [0.29, 0.717) is 5.95 Å². The number of nitrogens with zero attached hydrogens (tertiary/aromatic N) is 4. The maximum absolute atomic E-state index is 4.91. The van der Waals surface area contributed by atoms with E-state index >= 15 is 0 Å². The van der Waals surface area contributed by atoms with E-state index in [9.17, 15) is 0 Å². The zero-order chi connectivity index (χ0) is 18.3. The van der Waals surface area contributed by atoms with Crippen molar-refractivity contribution < 1.29 is 0 Å². The average molecular weight is 361 g/mol. The summed E-state index contributed by atoms with van der Waals surface area (Å²) in [6.45, 7) is 2.93. The SMILES string of the molecule is c1ccc(CCNc2nc(N3CCCCCCC3)c3ccccc3n2)nc1. The Hall–Kier alpha value is -2.69. The van der Waals surface area contributed by atoms with Crippen LogP contribution in [0.2, 0.25) is 0 Å². The molecule has 0 unspecified atom stereocenters. The normalized spacial score (nSPS) is 15.3. The van der Waals surface area contributed by atoms with Gasteiger partial charge in [-0.1, -0.05) is 37.5 Å². The molecule has 1 aromatic carbocycles. The molecule has 0 spiro atoms. The van der Waals surface area contributed by atoms with E-state index in [1.165, 1.54) is 32.1 Å². The molecule has 0 bridgehead atoms. The van der Waals surface area contributed by atoms with Crippen molar-refractivity contribution in [3.8, 4) is 0 Å². The number of benzene rings is 1. The fourth-order valence-corrected chi connectivity index (χ4v) is 3.69. The smallest absolute Gasteiger partial charge is 0.225 e. The molecule has 0 radical (unpaired) electrons. The lowest BCUT2D eigenvalue weighted by Crippen LogP contribution is -2.28. The standard InChI is InChI=1S/C22H27N5/c1-2-8-16-27(17-9-3-1)21-19-11-4-5-12-20(19)25-22(26-21)24-15-13-18-10-6-7-14-23-18/h4-7,10-12,14H,1-3,8-9,13,15-17H2,(H,24,25,26). The van der Waals surface area contributed by atoms with Gasteiger partial charge in [-0.2, -0.15) is 4.98 Å². The topological polar surface area (TPSA) is 53.9 Å². The lowest BCUT2D eigenvalue weighted by atomic mass is 10.1. The van der Waals surface area contributed by atoms with E-state index in [-0.39, 0.29) is 0 Å². The summed E-state index contributed by atoms with van der Waals surface area (Å²) in [6, 6.07) is 14.4. The lowest BCUT2D eigenvalue weighted by molar-refractivity contribution is 0.554. The van der Waals surface area contributed by atoms with Crippen LogP contribution in [0.5, 0.6) is 0 Å². The van der Waals surface area contributed by atoms with Crippen LogP contribution in [0.3, 0.4) is 0 Å². The molecular weight excluding hydrogens is 334 g/mol. The lowest BCUT2D eigenvalue weighted by Gasteiger charge is -2.27. The highest BCUT2D eigenvalue weighted by atomic mass is 15.2. The minimum absolute atomic E-state index is 0.710. The number of para-hydroxylation sites is 1. The summed E-state index contributed by atoms with van der Waals surface area (Å²) in [5.41, 5.74) is 2.08. The molecule has 0 atom stereocenters. The van der Waals surface area contributed by atoms with Gasteiger partial charge in [-0.25, -0.2) is 4.98 Å². The van der Waals surface area contributed by atoms with Gasteiger partial charge >= 0.3 is 0 Å². The Morgan fingerprint density at radius 1 is 0.852 bits per heavy atom. The Kier molecular flexibility index (Phi) is 5.77. The van der Waals surface area contributed by atoms with Crippen LogP contribution in [0.15, 0.2) is 48.7 Å². The predicted molar refractivity (Wildman–Crippen MR) is 111 cm³/mol. The molecule has 2 aromatic heterocycles. The molecule has 1 N–H and O–H groups in total. The molecule has 3 aromatic rings. The van der Waals surface area contributed by atoms with Crippen LogP contribution in [0.25, 0.3) is 10.9 Å². The molecule has 0 amide bonds. The molecule has 0 aliphatic carbocycles. The number of hydrogen-bond donors (Lipinski definition) is 1. The summed E-state index contributed by atoms with van der Waals surface area (Å²) in [5, 5.41) is 4.55. The minimum atomic E-state index is 0.710. The van der Waals surface area contributed by atoms with Crippen LogP contribution >= 0.6 is 0 Å². The average Bonchev–Trinajstić information content (AvgIpc) is 2.68. The van der Waals surface area contributed by atoms with Crippen molar-refractivity contribution in [3.63, 3.8) is 0 Å². The van der Waals surface area contributed by atoms with Crippen molar-refractivity contribution in [2.24, 2.45) is 0 Å². The second kappa shape index (κ2) is 8.80. The van der Waals surface area contributed by atoms with Crippen LogP contribution in [-0.4, -0.2) is 34.6 Å². The van der Waals surface area contributed by atoms with E-state index in [1.807, 2.05) is 24.4 Å². The highest BCUT2D eigenvalue weighted by Crippen LogP contribution is 2.27. The number of nitrogens with one attached hydrogen (secondary N) is 1. The summed E-state index contributed by atoms with van der Waals surface area (Å²) in [4.78, 5) is 16.5. The van der Waals surface area contributed by atoms with Crippen LogP contribution < -0.4 is 10.2 Å². The Morgan fingerprint density at radius 2 is 1.63 bits per heavy atom. The quantitative estimate of drug-likeness (QED) is 0.727. The van der Waals surface area contributed by atoms with Crippen molar-refractivity contribution in [3.05, 3.63) is 54.4 Å². The van der Waals surface area contributed by atoms with Gasteiger partial charge in [0.05, 0.1) is 5.52 Å². The number of rotatable bonds is 5. The van der Waals surface area contributed by atoms with Gasteiger partial charge in [-0.05, 0) is 37.1 Å². The summed E-state index contributed by atoms with van der Waals surface area (Å²) < 4.78 is 0. The second-order valence-electron chi connectivity index (χ2n) is 7.14. The van der Waals surface area contributed by atoms with Gasteiger partial charge in [-0.3, -0.25) is 4.98 Å². The van der Waals surface area contributed by atoms with E-state index in [1.54, 1.807) is 0 Å². The molecule has 1 fully saturated rings. The van der Waals surface area contributed by atoms with Crippen molar-refractivity contribution in [2.45, 2.75) is 38.5 Å². The zero-order valence-electron chi connectivity index (χ0n) is 15.8. The molecular formula is C22H27N5. The first-order valence-electron chi connectivity index (χ1n) is 10.1. The van der Waals surface area contributed by atoms with Crippen molar-refractivity contribution in [1.29, 1.82) is 0 Å². The molecule has 140 valence electrons. The zero-order valence-corrected chi connectivity index (χ0v) is 15.8. The first kappa shape index (κ1) is 17.7. The Balaban J connectivity index is 1.56. The minimum Gasteiger partial charge on any atom is -0.356 e. The van der Waals surface area contributed by atoms with E-state index in [0.717, 1.165) is 48.5 Å². The molecule has 3 heterocycles. The fraction of sp³-hybridized carbons (Fsp3) is 0.409. The number of hydrogen-bond acceptors (Lipinski definition) is 5. The van der Waals surface area contributed by atoms with Gasteiger partial charge in [0.25, 0.3) is 0 Å². The number of pyridine rings is 1. The van der Waals surface area contributed by atoms with Crippen LogP contribution in [0.1, 0.15) is 37.8 Å². The fourth-order valence-electron chi connectivity index (χ4n) is 3.69. The van der Waals surface area contributed by atoms with Crippen molar-refractivity contribution in [2.75, 3.05) is 29.9 Å². The van der Waals surface area contributed by atoms with Crippen LogP contribution in [0.4, 0.5) is 11.8 Å². The highest BCUT2D eigenvalue weighted by molar-refractivity contribution is 5.90. The third-order valence-electron chi connectivity index (χ3n) is 5.13. The molecule has 1 aliphatic heterocycles.